The van der Waals surface area contributed by atoms with Crippen LogP contribution in [0.3, 0.4) is 0 Å². The smallest absolute Gasteiger partial charge is 0.162 e. The first kappa shape index (κ1) is 20.0. The minimum atomic E-state index is -0.763. The lowest BCUT2D eigenvalue weighted by Crippen LogP contribution is -2.13. The molecular weight excluding hydrogens is 338 g/mol. The Kier molecular flexibility index (Phi) is 6.68. The molecule has 0 amide bonds. The van der Waals surface area contributed by atoms with Gasteiger partial charge in [-0.25, -0.2) is 8.78 Å². The standard InChI is InChI=1S/C25H32F2/c1-4-5-6-7-19-8-10-20(11-9-19)21-12-14-22(15-13-21)24-17(2)16-23(26)25(27)18(24)3/h12-16,19-20H,4-11H2,1-3H3. The molecule has 0 N–H and O–H groups in total. The van der Waals surface area contributed by atoms with E-state index in [2.05, 4.69) is 31.2 Å². The van der Waals surface area contributed by atoms with E-state index in [0.717, 1.165) is 22.6 Å². The number of benzene rings is 2. The summed E-state index contributed by atoms with van der Waals surface area (Å²) in [4.78, 5) is 0. The monoisotopic (exact) mass is 370 g/mol. The van der Waals surface area contributed by atoms with Gasteiger partial charge in [0.2, 0.25) is 0 Å². The summed E-state index contributed by atoms with van der Waals surface area (Å²) in [6.45, 7) is 5.77. The van der Waals surface area contributed by atoms with Crippen molar-refractivity contribution in [3.05, 3.63) is 58.7 Å². The maximum atomic E-state index is 14.0. The molecule has 0 aliphatic heterocycles. The molecule has 3 rings (SSSR count). The van der Waals surface area contributed by atoms with Gasteiger partial charge in [-0.3, -0.25) is 0 Å². The fourth-order valence-electron chi connectivity index (χ4n) is 4.74. The van der Waals surface area contributed by atoms with E-state index in [-0.39, 0.29) is 0 Å². The molecule has 0 heterocycles. The van der Waals surface area contributed by atoms with E-state index in [1.54, 1.807) is 6.92 Å². The molecule has 0 bridgehead atoms. The summed E-state index contributed by atoms with van der Waals surface area (Å²) in [6, 6.07) is 9.84. The number of halogens is 2. The van der Waals surface area contributed by atoms with Gasteiger partial charge in [0.1, 0.15) is 0 Å². The van der Waals surface area contributed by atoms with Crippen LogP contribution in [0.2, 0.25) is 0 Å². The third kappa shape index (κ3) is 4.59. The van der Waals surface area contributed by atoms with E-state index in [9.17, 15) is 8.78 Å². The second-order valence-electron chi connectivity index (χ2n) is 8.32. The van der Waals surface area contributed by atoms with Crippen LogP contribution in [0.5, 0.6) is 0 Å². The van der Waals surface area contributed by atoms with E-state index in [1.165, 1.54) is 63.0 Å². The summed E-state index contributed by atoms with van der Waals surface area (Å²) >= 11 is 0. The SMILES string of the molecule is CCCCCC1CCC(c2ccc(-c3c(C)cc(F)c(F)c3C)cc2)CC1. The topological polar surface area (TPSA) is 0 Å². The Bertz CT molecular complexity index is 753. The average Bonchev–Trinajstić information content (AvgIpc) is 2.68. The van der Waals surface area contributed by atoms with Crippen molar-refractivity contribution in [3.8, 4) is 11.1 Å². The molecule has 0 nitrogen and oxygen atoms in total. The van der Waals surface area contributed by atoms with Gasteiger partial charge in [-0.15, -0.1) is 0 Å². The first-order chi connectivity index (χ1) is 13.0. The lowest BCUT2D eigenvalue weighted by Gasteiger charge is -2.29. The number of hydrogen-bond donors (Lipinski definition) is 0. The minimum absolute atomic E-state index is 0.396. The van der Waals surface area contributed by atoms with Crippen molar-refractivity contribution in [1.82, 2.24) is 0 Å². The summed E-state index contributed by atoms with van der Waals surface area (Å²) in [6.07, 6.45) is 10.7. The molecule has 146 valence electrons. The fourth-order valence-corrected chi connectivity index (χ4v) is 4.74. The van der Waals surface area contributed by atoms with Crippen molar-refractivity contribution in [1.29, 1.82) is 0 Å². The zero-order valence-corrected chi connectivity index (χ0v) is 17.0. The number of rotatable bonds is 6. The van der Waals surface area contributed by atoms with Gasteiger partial charge < -0.3 is 0 Å². The van der Waals surface area contributed by atoms with Crippen LogP contribution in [0.4, 0.5) is 8.78 Å². The molecule has 0 unspecified atom stereocenters. The Morgan fingerprint density at radius 1 is 0.926 bits per heavy atom. The van der Waals surface area contributed by atoms with Crippen molar-refractivity contribution in [2.75, 3.05) is 0 Å². The van der Waals surface area contributed by atoms with E-state index >= 15 is 0 Å². The van der Waals surface area contributed by atoms with Gasteiger partial charge in [0, 0.05) is 0 Å². The highest BCUT2D eigenvalue weighted by atomic mass is 19.2. The maximum Gasteiger partial charge on any atom is 0.162 e. The Balaban J connectivity index is 1.68. The molecule has 0 radical (unpaired) electrons. The zero-order valence-electron chi connectivity index (χ0n) is 17.0. The highest BCUT2D eigenvalue weighted by Gasteiger charge is 2.22. The normalized spacial score (nSPS) is 20.0. The second kappa shape index (κ2) is 8.99. The lowest BCUT2D eigenvalue weighted by atomic mass is 9.77. The van der Waals surface area contributed by atoms with Crippen molar-refractivity contribution >= 4 is 0 Å². The summed E-state index contributed by atoms with van der Waals surface area (Å²) in [7, 11) is 0. The summed E-state index contributed by atoms with van der Waals surface area (Å²) in [5.74, 6) is 0.0651. The van der Waals surface area contributed by atoms with Gasteiger partial charge in [0.05, 0.1) is 0 Å². The third-order valence-corrected chi connectivity index (χ3v) is 6.38. The first-order valence-electron chi connectivity index (χ1n) is 10.6. The average molecular weight is 371 g/mol. The molecule has 1 saturated carbocycles. The molecule has 27 heavy (non-hydrogen) atoms. The van der Waals surface area contributed by atoms with Gasteiger partial charge in [0.15, 0.2) is 11.6 Å². The maximum absolute atomic E-state index is 14.0. The Hall–Kier alpha value is -1.70. The fraction of sp³-hybridized carbons (Fsp3) is 0.520. The number of unbranched alkanes of at least 4 members (excludes halogenated alkanes) is 2. The van der Waals surface area contributed by atoms with Gasteiger partial charge in [0.25, 0.3) is 0 Å². The molecule has 0 spiro atoms. The van der Waals surface area contributed by atoms with Crippen LogP contribution in [0, 0.1) is 31.4 Å². The van der Waals surface area contributed by atoms with Crippen molar-refractivity contribution < 1.29 is 8.78 Å². The van der Waals surface area contributed by atoms with E-state index in [1.807, 2.05) is 6.92 Å². The molecule has 1 fully saturated rings. The molecule has 0 aromatic heterocycles. The third-order valence-electron chi connectivity index (χ3n) is 6.38. The van der Waals surface area contributed by atoms with Crippen LogP contribution in [0.15, 0.2) is 30.3 Å². The van der Waals surface area contributed by atoms with Crippen molar-refractivity contribution in [3.63, 3.8) is 0 Å². The molecule has 2 aromatic rings. The van der Waals surface area contributed by atoms with Crippen LogP contribution in [-0.2, 0) is 0 Å². The summed E-state index contributed by atoms with van der Waals surface area (Å²) in [5, 5.41) is 0. The van der Waals surface area contributed by atoms with Crippen molar-refractivity contribution in [2.24, 2.45) is 5.92 Å². The zero-order chi connectivity index (χ0) is 19.4. The summed E-state index contributed by atoms with van der Waals surface area (Å²) in [5.41, 5.74) is 4.37. The molecular formula is C25H32F2. The van der Waals surface area contributed by atoms with Crippen LogP contribution in [-0.4, -0.2) is 0 Å². The van der Waals surface area contributed by atoms with Gasteiger partial charge in [-0.05, 0) is 85.3 Å². The molecule has 2 heteroatoms. The molecule has 2 aromatic carbocycles. The first-order valence-corrected chi connectivity index (χ1v) is 10.6. The quantitative estimate of drug-likeness (QED) is 0.451. The van der Waals surface area contributed by atoms with Crippen LogP contribution in [0.1, 0.15) is 80.9 Å². The molecule has 1 aliphatic rings. The van der Waals surface area contributed by atoms with Crippen LogP contribution in [0.25, 0.3) is 11.1 Å². The van der Waals surface area contributed by atoms with E-state index in [0.29, 0.717) is 11.5 Å². The molecule has 0 atom stereocenters. The number of hydrogen-bond acceptors (Lipinski definition) is 0. The minimum Gasteiger partial charge on any atom is -0.204 e. The highest BCUT2D eigenvalue weighted by Crippen LogP contribution is 2.39. The predicted molar refractivity (Wildman–Crippen MR) is 110 cm³/mol. The molecule has 0 saturated heterocycles. The van der Waals surface area contributed by atoms with Crippen LogP contribution < -0.4 is 0 Å². The van der Waals surface area contributed by atoms with Crippen molar-refractivity contribution in [2.45, 2.75) is 78.1 Å². The van der Waals surface area contributed by atoms with Crippen LogP contribution >= 0.6 is 0 Å². The Morgan fingerprint density at radius 3 is 2.22 bits per heavy atom. The van der Waals surface area contributed by atoms with E-state index in [4.69, 9.17) is 0 Å². The van der Waals surface area contributed by atoms with Gasteiger partial charge >= 0.3 is 0 Å². The number of aryl methyl sites for hydroxylation is 1. The lowest BCUT2D eigenvalue weighted by molar-refractivity contribution is 0.303. The largest absolute Gasteiger partial charge is 0.204 e. The summed E-state index contributed by atoms with van der Waals surface area (Å²) < 4.78 is 27.6. The predicted octanol–water partition coefficient (Wildman–Crippen LogP) is 8.10. The molecule has 1 aliphatic carbocycles. The Morgan fingerprint density at radius 2 is 1.59 bits per heavy atom. The van der Waals surface area contributed by atoms with E-state index < -0.39 is 11.6 Å². The highest BCUT2D eigenvalue weighted by molar-refractivity contribution is 5.71. The van der Waals surface area contributed by atoms with Gasteiger partial charge in [-0.1, -0.05) is 56.9 Å². The Labute approximate surface area is 163 Å². The van der Waals surface area contributed by atoms with Gasteiger partial charge in [-0.2, -0.15) is 0 Å². The second-order valence-corrected chi connectivity index (χ2v) is 8.32.